The van der Waals surface area contributed by atoms with Gasteiger partial charge < -0.3 is 19.6 Å². The lowest BCUT2D eigenvalue weighted by Crippen LogP contribution is -2.51. The van der Waals surface area contributed by atoms with E-state index in [1.54, 1.807) is 0 Å². The van der Waals surface area contributed by atoms with Crippen LogP contribution in [0.3, 0.4) is 0 Å². The van der Waals surface area contributed by atoms with E-state index in [0.717, 1.165) is 43.0 Å². The Morgan fingerprint density at radius 2 is 1.74 bits per heavy atom. The molecule has 31 heavy (non-hydrogen) atoms. The summed E-state index contributed by atoms with van der Waals surface area (Å²) in [6.07, 6.45) is 3.78. The highest BCUT2D eigenvalue weighted by atomic mass is 16.5. The summed E-state index contributed by atoms with van der Waals surface area (Å²) in [5.41, 5.74) is 4.34. The number of nitrogens with one attached hydrogen (secondary N) is 1. The van der Waals surface area contributed by atoms with Gasteiger partial charge in [-0.3, -0.25) is 0 Å². The van der Waals surface area contributed by atoms with Crippen LogP contribution < -0.4 is 10.2 Å². The Hall–Kier alpha value is -3.61. The molecular formula is C24H27N5O2. The van der Waals surface area contributed by atoms with Gasteiger partial charge in [-0.25, -0.2) is 4.79 Å². The molecule has 0 radical (unpaired) electrons. The SMILES string of the molecule is CCNC(=O)N1CCN(c2ccc(-c3noc(/C=C/c4ccc(C)cc4)n3)cc2)CC1. The number of anilines is 1. The van der Waals surface area contributed by atoms with Gasteiger partial charge in [-0.15, -0.1) is 0 Å². The van der Waals surface area contributed by atoms with Crippen molar-refractivity contribution in [1.29, 1.82) is 0 Å². The molecular weight excluding hydrogens is 390 g/mol. The molecule has 7 heteroatoms. The molecule has 4 rings (SSSR count). The number of aromatic nitrogens is 2. The van der Waals surface area contributed by atoms with Gasteiger partial charge >= 0.3 is 6.03 Å². The van der Waals surface area contributed by atoms with Crippen LogP contribution in [0.5, 0.6) is 0 Å². The zero-order chi connectivity index (χ0) is 21.6. The minimum atomic E-state index is 0.0156. The third-order valence-electron chi connectivity index (χ3n) is 5.32. The molecule has 0 spiro atoms. The van der Waals surface area contributed by atoms with Crippen molar-refractivity contribution in [2.75, 3.05) is 37.6 Å². The molecule has 1 saturated heterocycles. The average molecular weight is 418 g/mol. The van der Waals surface area contributed by atoms with Gasteiger partial charge in [0.25, 0.3) is 5.89 Å². The van der Waals surface area contributed by atoms with Gasteiger partial charge in [0, 0.05) is 50.1 Å². The van der Waals surface area contributed by atoms with Crippen LogP contribution in [0.4, 0.5) is 10.5 Å². The van der Waals surface area contributed by atoms with Gasteiger partial charge in [-0.1, -0.05) is 35.0 Å². The first-order valence-corrected chi connectivity index (χ1v) is 10.6. The molecule has 2 aromatic carbocycles. The van der Waals surface area contributed by atoms with Gasteiger partial charge in [-0.05, 0) is 49.8 Å². The lowest BCUT2D eigenvalue weighted by atomic mass is 10.1. The maximum atomic E-state index is 12.0. The molecule has 1 fully saturated rings. The zero-order valence-corrected chi connectivity index (χ0v) is 17.9. The lowest BCUT2D eigenvalue weighted by molar-refractivity contribution is 0.195. The first kappa shape index (κ1) is 20.7. The summed E-state index contributed by atoms with van der Waals surface area (Å²) in [6, 6.07) is 16.4. The summed E-state index contributed by atoms with van der Waals surface area (Å²) in [7, 11) is 0. The summed E-state index contributed by atoms with van der Waals surface area (Å²) >= 11 is 0. The van der Waals surface area contributed by atoms with Crippen molar-refractivity contribution in [3.05, 3.63) is 65.5 Å². The second-order valence-electron chi connectivity index (χ2n) is 7.56. The van der Waals surface area contributed by atoms with Crippen LogP contribution in [-0.4, -0.2) is 53.8 Å². The first-order chi connectivity index (χ1) is 15.1. The lowest BCUT2D eigenvalue weighted by Gasteiger charge is -2.36. The highest BCUT2D eigenvalue weighted by molar-refractivity contribution is 5.74. The van der Waals surface area contributed by atoms with E-state index in [-0.39, 0.29) is 6.03 Å². The molecule has 0 atom stereocenters. The highest BCUT2D eigenvalue weighted by Crippen LogP contribution is 2.22. The van der Waals surface area contributed by atoms with Crippen molar-refractivity contribution in [3.63, 3.8) is 0 Å². The Kier molecular flexibility index (Phi) is 6.31. The predicted molar refractivity (Wildman–Crippen MR) is 123 cm³/mol. The Labute approximate surface area is 182 Å². The number of urea groups is 1. The van der Waals surface area contributed by atoms with Crippen LogP contribution in [0.25, 0.3) is 23.5 Å². The largest absolute Gasteiger partial charge is 0.368 e. The number of benzene rings is 2. The number of aryl methyl sites for hydroxylation is 1. The smallest absolute Gasteiger partial charge is 0.317 e. The molecule has 0 bridgehead atoms. The molecule has 1 N–H and O–H groups in total. The summed E-state index contributed by atoms with van der Waals surface area (Å²) in [6.45, 7) is 7.71. The third-order valence-corrected chi connectivity index (χ3v) is 5.32. The summed E-state index contributed by atoms with van der Waals surface area (Å²) in [5, 5.41) is 6.96. The highest BCUT2D eigenvalue weighted by Gasteiger charge is 2.20. The van der Waals surface area contributed by atoms with Crippen LogP contribution in [-0.2, 0) is 0 Å². The Morgan fingerprint density at radius 3 is 2.42 bits per heavy atom. The minimum Gasteiger partial charge on any atom is -0.368 e. The fraction of sp³-hybridized carbons (Fsp3) is 0.292. The standard InChI is InChI=1S/C24H27N5O2/c1-3-25-24(30)29-16-14-28(15-17-29)21-11-9-20(10-12-21)23-26-22(31-27-23)13-8-19-6-4-18(2)5-7-19/h4-13H,3,14-17H2,1-2H3,(H,25,30)/b13-8+. The number of amides is 2. The summed E-state index contributed by atoms with van der Waals surface area (Å²) in [4.78, 5) is 20.6. The number of hydrogen-bond donors (Lipinski definition) is 1. The molecule has 1 aliphatic heterocycles. The fourth-order valence-electron chi connectivity index (χ4n) is 3.52. The van der Waals surface area contributed by atoms with E-state index in [2.05, 4.69) is 63.7 Å². The van der Waals surface area contributed by atoms with Gasteiger partial charge in [0.2, 0.25) is 5.82 Å². The van der Waals surface area contributed by atoms with Crippen molar-refractivity contribution in [3.8, 4) is 11.4 Å². The third kappa shape index (κ3) is 5.12. The number of carbonyl (C=O) groups excluding carboxylic acids is 1. The molecule has 1 aliphatic rings. The van der Waals surface area contributed by atoms with E-state index in [4.69, 9.17) is 4.52 Å². The van der Waals surface area contributed by atoms with Crippen LogP contribution in [0, 0.1) is 6.92 Å². The maximum Gasteiger partial charge on any atom is 0.317 e. The van der Waals surface area contributed by atoms with E-state index in [1.807, 2.05) is 36.1 Å². The van der Waals surface area contributed by atoms with Crippen LogP contribution in [0.1, 0.15) is 23.9 Å². The van der Waals surface area contributed by atoms with Gasteiger partial charge in [0.15, 0.2) is 0 Å². The number of piperazine rings is 1. The molecule has 2 heterocycles. The second-order valence-corrected chi connectivity index (χ2v) is 7.56. The first-order valence-electron chi connectivity index (χ1n) is 10.6. The van der Waals surface area contributed by atoms with Crippen LogP contribution >= 0.6 is 0 Å². The van der Waals surface area contributed by atoms with E-state index in [1.165, 1.54) is 5.56 Å². The van der Waals surface area contributed by atoms with Gasteiger partial charge in [0.05, 0.1) is 0 Å². The predicted octanol–water partition coefficient (Wildman–Crippen LogP) is 4.07. The number of rotatable bonds is 5. The van der Waals surface area contributed by atoms with Crippen molar-refractivity contribution in [1.82, 2.24) is 20.4 Å². The molecule has 0 unspecified atom stereocenters. The molecule has 2 amide bonds. The second kappa shape index (κ2) is 9.47. The monoisotopic (exact) mass is 417 g/mol. The van der Waals surface area contributed by atoms with Crippen molar-refractivity contribution >= 4 is 23.9 Å². The average Bonchev–Trinajstić information content (AvgIpc) is 3.28. The van der Waals surface area contributed by atoms with E-state index in [0.29, 0.717) is 18.3 Å². The van der Waals surface area contributed by atoms with Gasteiger partial charge in [-0.2, -0.15) is 4.98 Å². The van der Waals surface area contributed by atoms with Crippen LogP contribution in [0.15, 0.2) is 53.1 Å². The molecule has 7 nitrogen and oxygen atoms in total. The van der Waals surface area contributed by atoms with E-state index < -0.39 is 0 Å². The van der Waals surface area contributed by atoms with Crippen LogP contribution in [0.2, 0.25) is 0 Å². The molecule has 0 aliphatic carbocycles. The molecule has 160 valence electrons. The fourth-order valence-corrected chi connectivity index (χ4v) is 3.52. The Balaban J connectivity index is 1.37. The zero-order valence-electron chi connectivity index (χ0n) is 17.9. The number of carbonyl (C=O) groups is 1. The minimum absolute atomic E-state index is 0.0156. The maximum absolute atomic E-state index is 12.0. The number of nitrogens with zero attached hydrogens (tertiary/aromatic N) is 4. The summed E-state index contributed by atoms with van der Waals surface area (Å²) < 4.78 is 5.36. The molecule has 3 aromatic rings. The van der Waals surface area contributed by atoms with Gasteiger partial charge in [0.1, 0.15) is 0 Å². The normalized spacial score (nSPS) is 14.3. The summed E-state index contributed by atoms with van der Waals surface area (Å²) in [5.74, 6) is 1.04. The van der Waals surface area contributed by atoms with Crippen molar-refractivity contribution < 1.29 is 9.32 Å². The quantitative estimate of drug-likeness (QED) is 0.677. The Morgan fingerprint density at radius 1 is 1.03 bits per heavy atom. The topological polar surface area (TPSA) is 74.5 Å². The van der Waals surface area contributed by atoms with Crippen molar-refractivity contribution in [2.45, 2.75) is 13.8 Å². The van der Waals surface area contributed by atoms with E-state index in [9.17, 15) is 4.79 Å². The van der Waals surface area contributed by atoms with E-state index >= 15 is 0 Å². The molecule has 0 saturated carbocycles. The number of hydrogen-bond acceptors (Lipinski definition) is 5. The van der Waals surface area contributed by atoms with Crippen molar-refractivity contribution in [2.24, 2.45) is 0 Å². The Bertz CT molecular complexity index is 1030. The molecule has 1 aromatic heterocycles.